The molecule has 16 heteroatoms. The van der Waals surface area contributed by atoms with E-state index in [0.717, 1.165) is 105 Å². The molecule has 16 rings (SSSR count). The molecule has 5 aromatic heterocycles. The monoisotopic (exact) mass is 1460 g/mol. The molecule has 2 aliphatic rings. The minimum atomic E-state index is -0.643. The van der Waals surface area contributed by atoms with Crippen LogP contribution in [0.4, 0.5) is 0 Å². The van der Waals surface area contributed by atoms with E-state index in [9.17, 15) is 10.5 Å². The van der Waals surface area contributed by atoms with Gasteiger partial charge < -0.3 is 18.6 Å². The number of nitrogens with zero attached hydrogens (tertiary/aromatic N) is 9. The number of nitriles is 2. The van der Waals surface area contributed by atoms with Gasteiger partial charge in [-0.15, -0.1) is 0 Å². The van der Waals surface area contributed by atoms with Gasteiger partial charge in [-0.2, -0.15) is 10.5 Å². The van der Waals surface area contributed by atoms with Crippen molar-refractivity contribution in [1.82, 2.24) is 34.9 Å². The van der Waals surface area contributed by atoms with E-state index in [1.165, 1.54) is 0 Å². The van der Waals surface area contributed by atoms with Gasteiger partial charge in [0.1, 0.15) is 23.3 Å². The van der Waals surface area contributed by atoms with Crippen molar-refractivity contribution in [1.29, 1.82) is 10.5 Å². The summed E-state index contributed by atoms with van der Waals surface area (Å²) in [7, 11) is -1.29. The molecule has 0 bridgehead atoms. The SMILES string of the molecule is Brc1ccc(-c2ccccn2)cc1.CC1(C)OB(c2cc(B3OC(C)(C)C(C)(C)O3)cc(-c3nc(-c4ccccc4)nc(-c4ccccc4)c3C#N)c2)OC1(C)C.N#Cc1c(-c2ccccc2)nc(-c2ccccc2)nc1-c1cc(-c2ccc(-c3ccccn3)cc2)cc(-c2ccc(-c3ccccn3)cc2)c1. The van der Waals surface area contributed by atoms with Crippen LogP contribution in [0, 0.1) is 22.7 Å². The van der Waals surface area contributed by atoms with Crippen LogP contribution >= 0.6 is 15.9 Å². The second-order valence-corrected chi connectivity index (χ2v) is 29.0. The van der Waals surface area contributed by atoms with Crippen molar-refractivity contribution < 1.29 is 18.6 Å². The second kappa shape index (κ2) is 31.0. The molecule has 2 saturated heterocycles. The lowest BCUT2D eigenvalue weighted by Gasteiger charge is -2.32. The van der Waals surface area contributed by atoms with Crippen molar-refractivity contribution in [3.63, 3.8) is 0 Å². The molecule has 0 radical (unpaired) electrons. The third-order valence-electron chi connectivity index (χ3n) is 19.9. The fourth-order valence-electron chi connectivity index (χ4n) is 12.6. The standard InChI is InChI=1S/C45H29N5.C35H37B2N3O4.C11H8BrN/c46-30-40-43(35-11-3-1-4-12-35)49-45(36-13-5-2-6-14-36)50-44(40)39-28-37(31-17-21-33(22-18-31)41-15-7-9-25-47-41)27-38(29-39)32-19-23-34(24-20-32)42-16-8-10-26-48-42;1-32(2)33(3,4)42-36(41-32)26-19-25(20-27(21-26)37-43-34(5,6)35(7,8)44-37)30-28(22-38)29(23-15-11-9-12-16-23)39-31(40-30)24-17-13-10-14-18-24;12-10-6-4-9(5-7-10)11-3-1-2-8-13-11/h1-29H;9-21H,1-8H3;1-8H. The normalized spacial score (nSPS) is 14.3. The molecular weight excluding hydrogens is 1380 g/mol. The summed E-state index contributed by atoms with van der Waals surface area (Å²) in [6, 6.07) is 99.3. The lowest BCUT2D eigenvalue weighted by molar-refractivity contribution is 0.00578. The predicted octanol–water partition coefficient (Wildman–Crippen LogP) is 20.3. The topological polar surface area (TPSA) is 175 Å². The summed E-state index contributed by atoms with van der Waals surface area (Å²) in [5.74, 6) is 1.08. The highest BCUT2D eigenvalue weighted by atomic mass is 79.9. The maximum Gasteiger partial charge on any atom is 0.494 e. The van der Waals surface area contributed by atoms with Gasteiger partial charge in [0.25, 0.3) is 0 Å². The smallest absolute Gasteiger partial charge is 0.399 e. The van der Waals surface area contributed by atoms with E-state index in [2.05, 4.69) is 110 Å². The van der Waals surface area contributed by atoms with Gasteiger partial charge in [0.15, 0.2) is 11.6 Å². The Labute approximate surface area is 634 Å². The summed E-state index contributed by atoms with van der Waals surface area (Å²) in [6.45, 7) is 16.2. The number of hydrogen-bond acceptors (Lipinski definition) is 13. The van der Waals surface area contributed by atoms with Gasteiger partial charge in [0.05, 0.1) is 62.3 Å². The van der Waals surface area contributed by atoms with E-state index >= 15 is 0 Å². The number of halogens is 1. The third-order valence-corrected chi connectivity index (χ3v) is 20.4. The molecule has 0 unspecified atom stereocenters. The first kappa shape index (κ1) is 72.0. The molecule has 0 spiro atoms. The Morgan fingerprint density at radius 3 is 0.860 bits per heavy atom. The van der Waals surface area contributed by atoms with Gasteiger partial charge in [0, 0.05) is 73.1 Å². The van der Waals surface area contributed by atoms with Crippen molar-refractivity contribution in [2.75, 3.05) is 0 Å². The number of rotatable bonds is 13. The van der Waals surface area contributed by atoms with Gasteiger partial charge in [-0.3, -0.25) is 15.0 Å². The predicted molar refractivity (Wildman–Crippen MR) is 432 cm³/mol. The van der Waals surface area contributed by atoms with Crippen LogP contribution < -0.4 is 10.9 Å². The maximum atomic E-state index is 10.7. The van der Waals surface area contributed by atoms with Crippen molar-refractivity contribution in [3.8, 4) is 136 Å². The highest BCUT2D eigenvalue weighted by Gasteiger charge is 2.54. The minimum absolute atomic E-state index is 0.377. The molecule has 2 aliphatic heterocycles. The molecule has 14 aromatic rings. The first-order chi connectivity index (χ1) is 51.8. The van der Waals surface area contributed by atoms with Gasteiger partial charge in [-0.25, -0.2) is 19.9 Å². The third kappa shape index (κ3) is 15.9. The van der Waals surface area contributed by atoms with E-state index in [1.807, 2.05) is 274 Å². The average Bonchev–Trinajstić information content (AvgIpc) is 1.65. The molecule has 520 valence electrons. The first-order valence-corrected chi connectivity index (χ1v) is 36.2. The van der Waals surface area contributed by atoms with E-state index in [-0.39, 0.29) is 0 Å². The van der Waals surface area contributed by atoms with Crippen molar-refractivity contribution in [2.45, 2.75) is 77.8 Å². The second-order valence-electron chi connectivity index (χ2n) is 28.1. The molecule has 2 fully saturated rings. The van der Waals surface area contributed by atoms with Crippen LogP contribution in [0.25, 0.3) is 124 Å². The minimum Gasteiger partial charge on any atom is -0.399 e. The highest BCUT2D eigenvalue weighted by Crippen LogP contribution is 2.42. The zero-order chi connectivity index (χ0) is 74.3. The maximum absolute atomic E-state index is 10.7. The molecule has 9 aromatic carbocycles. The van der Waals surface area contributed by atoms with Gasteiger partial charge >= 0.3 is 14.2 Å². The summed E-state index contributed by atoms with van der Waals surface area (Å²) >= 11 is 3.40. The zero-order valence-corrected chi connectivity index (χ0v) is 62.1. The number of benzene rings is 9. The Kier molecular flexibility index (Phi) is 20.8. The largest absolute Gasteiger partial charge is 0.494 e. The Morgan fingerprint density at radius 2 is 0.551 bits per heavy atom. The Bertz CT molecular complexity index is 5360. The van der Waals surface area contributed by atoms with Crippen LogP contribution in [0.15, 0.2) is 308 Å². The van der Waals surface area contributed by atoms with Gasteiger partial charge in [0.2, 0.25) is 0 Å². The Balaban J connectivity index is 0.000000154. The van der Waals surface area contributed by atoms with E-state index in [1.54, 1.807) is 18.6 Å². The molecule has 0 saturated carbocycles. The van der Waals surface area contributed by atoms with Crippen LogP contribution in [-0.4, -0.2) is 71.5 Å². The molecular formula is C91H74B2BrN9O4. The van der Waals surface area contributed by atoms with Crippen LogP contribution in [0.1, 0.15) is 66.5 Å². The molecule has 7 heterocycles. The van der Waals surface area contributed by atoms with Gasteiger partial charge in [-0.05, 0) is 155 Å². The van der Waals surface area contributed by atoms with E-state index < -0.39 is 36.6 Å². The zero-order valence-electron chi connectivity index (χ0n) is 60.6. The van der Waals surface area contributed by atoms with Crippen molar-refractivity contribution in [2.24, 2.45) is 0 Å². The Morgan fingerprint density at radius 1 is 0.280 bits per heavy atom. The van der Waals surface area contributed by atoms with Crippen LogP contribution in [-0.2, 0) is 18.6 Å². The molecule has 0 aliphatic carbocycles. The molecule has 0 atom stereocenters. The molecule has 107 heavy (non-hydrogen) atoms. The quantitative estimate of drug-likeness (QED) is 0.0998. The summed E-state index contributed by atoms with van der Waals surface area (Å²) in [5.41, 5.74) is 17.6. The molecule has 13 nitrogen and oxygen atoms in total. The average molecular weight is 1460 g/mol. The van der Waals surface area contributed by atoms with Crippen molar-refractivity contribution >= 4 is 41.1 Å². The highest BCUT2D eigenvalue weighted by molar-refractivity contribution is 9.10. The molecule has 0 amide bonds. The van der Waals surface area contributed by atoms with Gasteiger partial charge in [-0.1, -0.05) is 234 Å². The first-order valence-electron chi connectivity index (χ1n) is 35.4. The summed E-state index contributed by atoms with van der Waals surface area (Å²) in [5, 5.41) is 21.3. The number of hydrogen-bond donors (Lipinski definition) is 0. The van der Waals surface area contributed by atoms with Crippen LogP contribution in [0.5, 0.6) is 0 Å². The summed E-state index contributed by atoms with van der Waals surface area (Å²) in [6.07, 6.45) is 5.41. The van der Waals surface area contributed by atoms with Crippen molar-refractivity contribution in [3.05, 3.63) is 319 Å². The summed E-state index contributed by atoms with van der Waals surface area (Å²) in [4.78, 5) is 33.3. The fourth-order valence-corrected chi connectivity index (χ4v) is 12.9. The molecule has 0 N–H and O–H groups in total. The van der Waals surface area contributed by atoms with Crippen LogP contribution in [0.2, 0.25) is 0 Å². The summed E-state index contributed by atoms with van der Waals surface area (Å²) < 4.78 is 27.0. The van der Waals surface area contributed by atoms with E-state index in [4.69, 9.17) is 38.6 Å². The number of pyridine rings is 3. The fraction of sp³-hybridized carbons (Fsp3) is 0.132. The number of aromatic nitrogens is 7. The van der Waals surface area contributed by atoms with Crippen LogP contribution in [0.3, 0.4) is 0 Å². The lowest BCUT2D eigenvalue weighted by atomic mass is 9.70. The van der Waals surface area contributed by atoms with E-state index in [0.29, 0.717) is 45.6 Å². The Hall–Kier alpha value is -12.0. The lowest BCUT2D eigenvalue weighted by Crippen LogP contribution is -2.41.